The van der Waals surface area contributed by atoms with Gasteiger partial charge in [0.15, 0.2) is 0 Å². The zero-order valence-electron chi connectivity index (χ0n) is 17.0. The van der Waals surface area contributed by atoms with Gasteiger partial charge in [0.2, 0.25) is 11.8 Å². The van der Waals surface area contributed by atoms with Gasteiger partial charge in [-0.05, 0) is 37.1 Å². The van der Waals surface area contributed by atoms with Crippen molar-refractivity contribution in [1.29, 1.82) is 0 Å². The van der Waals surface area contributed by atoms with Gasteiger partial charge in [0.25, 0.3) is 5.91 Å². The number of rotatable bonds is 6. The van der Waals surface area contributed by atoms with E-state index in [-0.39, 0.29) is 42.5 Å². The van der Waals surface area contributed by atoms with E-state index in [1.54, 1.807) is 36.4 Å². The SMILES string of the molecule is O=C(NC[C@@H]1CCCO1)c1ccccc1NC(=O)[C@@H]1CC(=O)N(c2ccccc2F)C1. The lowest BCUT2D eigenvalue weighted by atomic mass is 10.1. The molecule has 2 heterocycles. The van der Waals surface area contributed by atoms with Crippen LogP contribution < -0.4 is 15.5 Å². The van der Waals surface area contributed by atoms with Crippen molar-refractivity contribution in [3.05, 3.63) is 59.9 Å². The second kappa shape index (κ2) is 9.26. The summed E-state index contributed by atoms with van der Waals surface area (Å²) in [6, 6.07) is 12.7. The van der Waals surface area contributed by atoms with Gasteiger partial charge >= 0.3 is 0 Å². The first-order valence-electron chi connectivity index (χ1n) is 10.4. The van der Waals surface area contributed by atoms with Crippen molar-refractivity contribution in [3.63, 3.8) is 0 Å². The molecule has 0 aliphatic carbocycles. The number of nitrogens with zero attached hydrogens (tertiary/aromatic N) is 1. The molecule has 2 atom stereocenters. The third kappa shape index (κ3) is 4.74. The molecule has 8 heteroatoms. The number of hydrogen-bond donors (Lipinski definition) is 2. The van der Waals surface area contributed by atoms with Crippen molar-refractivity contribution in [1.82, 2.24) is 5.32 Å². The van der Waals surface area contributed by atoms with E-state index in [0.29, 0.717) is 24.4 Å². The average Bonchev–Trinajstić information content (AvgIpc) is 3.42. The molecule has 2 fully saturated rings. The topological polar surface area (TPSA) is 87.7 Å². The van der Waals surface area contributed by atoms with E-state index in [1.807, 2.05) is 0 Å². The molecule has 3 amide bonds. The Morgan fingerprint density at radius 1 is 1.13 bits per heavy atom. The van der Waals surface area contributed by atoms with E-state index in [2.05, 4.69) is 10.6 Å². The first-order chi connectivity index (χ1) is 15.0. The van der Waals surface area contributed by atoms with Crippen molar-refractivity contribution in [2.75, 3.05) is 29.9 Å². The Morgan fingerprint density at radius 3 is 2.68 bits per heavy atom. The van der Waals surface area contributed by atoms with Crippen molar-refractivity contribution in [2.24, 2.45) is 5.92 Å². The predicted molar refractivity (Wildman–Crippen MR) is 113 cm³/mol. The summed E-state index contributed by atoms with van der Waals surface area (Å²) in [6.07, 6.45) is 1.89. The van der Waals surface area contributed by atoms with E-state index in [4.69, 9.17) is 4.74 Å². The molecule has 162 valence electrons. The number of nitrogens with one attached hydrogen (secondary N) is 2. The zero-order valence-corrected chi connectivity index (χ0v) is 17.0. The molecule has 2 aromatic rings. The number of amides is 3. The summed E-state index contributed by atoms with van der Waals surface area (Å²) in [5.74, 6) is -2.15. The van der Waals surface area contributed by atoms with Crippen LogP contribution in [0.3, 0.4) is 0 Å². The third-order valence-electron chi connectivity index (χ3n) is 5.58. The van der Waals surface area contributed by atoms with Crippen LogP contribution in [0.5, 0.6) is 0 Å². The molecule has 0 radical (unpaired) electrons. The van der Waals surface area contributed by atoms with Gasteiger partial charge in [-0.15, -0.1) is 0 Å². The third-order valence-corrected chi connectivity index (χ3v) is 5.58. The molecule has 0 unspecified atom stereocenters. The van der Waals surface area contributed by atoms with Crippen LogP contribution in [-0.2, 0) is 14.3 Å². The molecule has 2 aromatic carbocycles. The minimum absolute atomic E-state index is 0.0135. The molecule has 0 saturated carbocycles. The number of hydrogen-bond acceptors (Lipinski definition) is 4. The van der Waals surface area contributed by atoms with Crippen LogP contribution in [0.25, 0.3) is 0 Å². The summed E-state index contributed by atoms with van der Waals surface area (Å²) in [4.78, 5) is 39.1. The molecule has 2 aliphatic rings. The molecular weight excluding hydrogens is 401 g/mol. The van der Waals surface area contributed by atoms with Gasteiger partial charge in [-0.3, -0.25) is 14.4 Å². The Kier molecular flexibility index (Phi) is 6.27. The summed E-state index contributed by atoms with van der Waals surface area (Å²) in [5.41, 5.74) is 0.870. The highest BCUT2D eigenvalue weighted by atomic mass is 19.1. The highest BCUT2D eigenvalue weighted by Crippen LogP contribution is 2.28. The zero-order chi connectivity index (χ0) is 21.8. The minimum atomic E-state index is -0.643. The number of para-hydroxylation sites is 2. The second-order valence-electron chi connectivity index (χ2n) is 7.74. The molecule has 0 aromatic heterocycles. The van der Waals surface area contributed by atoms with E-state index in [9.17, 15) is 18.8 Å². The van der Waals surface area contributed by atoms with Gasteiger partial charge in [-0.25, -0.2) is 4.39 Å². The maximum atomic E-state index is 14.1. The number of anilines is 2. The lowest BCUT2D eigenvalue weighted by molar-refractivity contribution is -0.122. The van der Waals surface area contributed by atoms with Crippen molar-refractivity contribution >= 4 is 29.1 Å². The molecule has 2 N–H and O–H groups in total. The van der Waals surface area contributed by atoms with Gasteiger partial charge in [0, 0.05) is 26.1 Å². The molecule has 2 saturated heterocycles. The quantitative estimate of drug-likeness (QED) is 0.745. The fraction of sp³-hybridized carbons (Fsp3) is 0.348. The van der Waals surface area contributed by atoms with Crippen LogP contribution in [0, 0.1) is 11.7 Å². The largest absolute Gasteiger partial charge is 0.376 e. The Balaban J connectivity index is 1.41. The van der Waals surface area contributed by atoms with Crippen molar-refractivity contribution in [3.8, 4) is 0 Å². The van der Waals surface area contributed by atoms with Crippen LogP contribution in [-0.4, -0.2) is 43.5 Å². The average molecular weight is 425 g/mol. The Morgan fingerprint density at radius 2 is 1.90 bits per heavy atom. The molecule has 4 rings (SSSR count). The number of benzene rings is 2. The summed E-state index contributed by atoms with van der Waals surface area (Å²) in [7, 11) is 0. The summed E-state index contributed by atoms with van der Waals surface area (Å²) in [5, 5.41) is 5.61. The van der Waals surface area contributed by atoms with Gasteiger partial charge < -0.3 is 20.3 Å². The smallest absolute Gasteiger partial charge is 0.253 e. The van der Waals surface area contributed by atoms with Crippen molar-refractivity contribution < 1.29 is 23.5 Å². The highest BCUT2D eigenvalue weighted by molar-refractivity contribution is 6.07. The Bertz CT molecular complexity index is 990. The van der Waals surface area contributed by atoms with Crippen LogP contribution in [0.4, 0.5) is 15.8 Å². The second-order valence-corrected chi connectivity index (χ2v) is 7.74. The van der Waals surface area contributed by atoms with Gasteiger partial charge in [-0.2, -0.15) is 0 Å². The highest BCUT2D eigenvalue weighted by Gasteiger charge is 2.36. The first-order valence-corrected chi connectivity index (χ1v) is 10.4. The molecule has 0 bridgehead atoms. The fourth-order valence-corrected chi connectivity index (χ4v) is 3.92. The van der Waals surface area contributed by atoms with Gasteiger partial charge in [0.1, 0.15) is 5.82 Å². The van der Waals surface area contributed by atoms with E-state index >= 15 is 0 Å². The number of carbonyl (C=O) groups is 3. The van der Waals surface area contributed by atoms with E-state index in [0.717, 1.165) is 12.8 Å². The molecule has 7 nitrogen and oxygen atoms in total. The summed E-state index contributed by atoms with van der Waals surface area (Å²) in [6.45, 7) is 1.20. The minimum Gasteiger partial charge on any atom is -0.376 e. The molecular formula is C23H24FN3O4. The monoisotopic (exact) mass is 425 g/mol. The maximum absolute atomic E-state index is 14.1. The van der Waals surface area contributed by atoms with Gasteiger partial charge in [0.05, 0.1) is 29.0 Å². The van der Waals surface area contributed by atoms with Crippen molar-refractivity contribution in [2.45, 2.75) is 25.4 Å². The van der Waals surface area contributed by atoms with Crippen LogP contribution >= 0.6 is 0 Å². The molecule has 31 heavy (non-hydrogen) atoms. The number of ether oxygens (including phenoxy) is 1. The maximum Gasteiger partial charge on any atom is 0.253 e. The van der Waals surface area contributed by atoms with E-state index < -0.39 is 11.7 Å². The lowest BCUT2D eigenvalue weighted by Crippen LogP contribution is -2.33. The van der Waals surface area contributed by atoms with Crippen LogP contribution in [0.15, 0.2) is 48.5 Å². The van der Waals surface area contributed by atoms with Crippen LogP contribution in [0.2, 0.25) is 0 Å². The molecule has 0 spiro atoms. The summed E-state index contributed by atoms with van der Waals surface area (Å²) >= 11 is 0. The first kappa shape index (κ1) is 21.0. The number of carbonyl (C=O) groups excluding carboxylic acids is 3. The summed E-state index contributed by atoms with van der Waals surface area (Å²) < 4.78 is 19.6. The normalized spacial score (nSPS) is 20.7. The lowest BCUT2D eigenvalue weighted by Gasteiger charge is -2.18. The number of halogens is 1. The Hall–Kier alpha value is -3.26. The predicted octanol–water partition coefficient (Wildman–Crippen LogP) is 2.73. The fourth-order valence-electron chi connectivity index (χ4n) is 3.92. The van der Waals surface area contributed by atoms with Crippen LogP contribution in [0.1, 0.15) is 29.6 Å². The molecule has 2 aliphatic heterocycles. The standard InChI is InChI=1S/C23H24FN3O4/c24-18-8-2-4-10-20(18)27-14-15(12-21(27)28)22(29)26-19-9-3-1-7-17(19)23(30)25-13-16-6-5-11-31-16/h1-4,7-10,15-16H,5-6,11-14H2,(H,25,30)(H,26,29)/t15-,16+/m1/s1. The van der Waals surface area contributed by atoms with Gasteiger partial charge in [-0.1, -0.05) is 24.3 Å². The Labute approximate surface area is 179 Å². The van der Waals surface area contributed by atoms with E-state index in [1.165, 1.54) is 17.0 Å².